The first-order chi connectivity index (χ1) is 12.7. The van der Waals surface area contributed by atoms with Crippen LogP contribution in [0.15, 0.2) is 72.9 Å². The first-order valence-corrected chi connectivity index (χ1v) is 8.96. The number of pyridine rings is 1. The van der Waals surface area contributed by atoms with Crippen molar-refractivity contribution in [3.05, 3.63) is 94.5 Å². The molecule has 0 unspecified atom stereocenters. The van der Waals surface area contributed by atoms with Crippen LogP contribution in [0.2, 0.25) is 10.0 Å². The second-order valence-electron chi connectivity index (χ2n) is 5.87. The second kappa shape index (κ2) is 7.32. The lowest BCUT2D eigenvalue weighted by molar-refractivity contribution is 0.978. The molecule has 2 heterocycles. The van der Waals surface area contributed by atoms with Gasteiger partial charge in [0.05, 0.1) is 21.4 Å². The standard InChI is InChI=1S/C21H15Cl2N3/c22-16-10-6-11-17(23)19(16)21-20(14-7-2-1-3-8-14)25-18(26-21)13-15-9-4-5-12-24-15/h1-12H,13H2,(H,25,26). The van der Waals surface area contributed by atoms with Gasteiger partial charge in [-0.05, 0) is 24.3 Å². The lowest BCUT2D eigenvalue weighted by Crippen LogP contribution is -1.93. The molecule has 0 atom stereocenters. The number of nitrogens with zero attached hydrogens (tertiary/aromatic N) is 2. The van der Waals surface area contributed by atoms with Gasteiger partial charge in [-0.3, -0.25) is 4.98 Å². The molecule has 0 amide bonds. The van der Waals surface area contributed by atoms with Gasteiger partial charge in [0, 0.05) is 29.4 Å². The fourth-order valence-electron chi connectivity index (χ4n) is 2.90. The molecule has 128 valence electrons. The number of hydrogen-bond acceptors (Lipinski definition) is 2. The van der Waals surface area contributed by atoms with E-state index in [1.54, 1.807) is 6.20 Å². The maximum absolute atomic E-state index is 6.44. The van der Waals surface area contributed by atoms with Gasteiger partial charge in [-0.1, -0.05) is 65.7 Å². The Morgan fingerprint density at radius 3 is 2.23 bits per heavy atom. The third kappa shape index (κ3) is 3.36. The number of nitrogens with one attached hydrogen (secondary N) is 1. The summed E-state index contributed by atoms with van der Waals surface area (Å²) in [5, 5.41) is 1.15. The average molecular weight is 380 g/mol. The minimum absolute atomic E-state index is 0.575. The van der Waals surface area contributed by atoms with Crippen LogP contribution in [-0.4, -0.2) is 15.0 Å². The number of H-pyrrole nitrogens is 1. The Balaban J connectivity index is 1.86. The molecule has 0 saturated carbocycles. The summed E-state index contributed by atoms with van der Waals surface area (Å²) in [6.45, 7) is 0. The number of hydrogen-bond donors (Lipinski definition) is 1. The highest BCUT2D eigenvalue weighted by Crippen LogP contribution is 2.39. The Labute approximate surface area is 161 Å². The highest BCUT2D eigenvalue weighted by molar-refractivity contribution is 6.39. The number of imidazole rings is 1. The zero-order valence-corrected chi connectivity index (χ0v) is 15.3. The van der Waals surface area contributed by atoms with Crippen LogP contribution in [0.4, 0.5) is 0 Å². The lowest BCUT2D eigenvalue weighted by Gasteiger charge is -2.07. The van der Waals surface area contributed by atoms with Crippen molar-refractivity contribution < 1.29 is 0 Å². The lowest BCUT2D eigenvalue weighted by atomic mass is 10.1. The molecular formula is C21H15Cl2N3. The van der Waals surface area contributed by atoms with Crippen molar-refractivity contribution >= 4 is 23.2 Å². The number of aromatic amines is 1. The van der Waals surface area contributed by atoms with Crippen LogP contribution in [-0.2, 0) is 6.42 Å². The van der Waals surface area contributed by atoms with E-state index in [1.165, 1.54) is 0 Å². The molecule has 0 aliphatic rings. The minimum Gasteiger partial charge on any atom is -0.341 e. The molecule has 0 radical (unpaired) electrons. The summed E-state index contributed by atoms with van der Waals surface area (Å²) in [4.78, 5) is 12.6. The van der Waals surface area contributed by atoms with Crippen molar-refractivity contribution in [3.63, 3.8) is 0 Å². The van der Waals surface area contributed by atoms with Gasteiger partial charge in [0.2, 0.25) is 0 Å². The van der Waals surface area contributed by atoms with Crippen molar-refractivity contribution in [3.8, 4) is 22.5 Å². The monoisotopic (exact) mass is 379 g/mol. The van der Waals surface area contributed by atoms with E-state index < -0.39 is 0 Å². The van der Waals surface area contributed by atoms with Crippen LogP contribution < -0.4 is 0 Å². The third-order valence-electron chi connectivity index (χ3n) is 4.09. The molecule has 0 aliphatic heterocycles. The van der Waals surface area contributed by atoms with Crippen molar-refractivity contribution in [2.75, 3.05) is 0 Å². The van der Waals surface area contributed by atoms with E-state index in [4.69, 9.17) is 28.2 Å². The molecule has 0 fully saturated rings. The average Bonchev–Trinajstić information content (AvgIpc) is 3.06. The zero-order valence-electron chi connectivity index (χ0n) is 13.8. The van der Waals surface area contributed by atoms with Crippen LogP contribution >= 0.6 is 23.2 Å². The van der Waals surface area contributed by atoms with Gasteiger partial charge in [0.15, 0.2) is 0 Å². The molecule has 26 heavy (non-hydrogen) atoms. The number of halogens is 2. The molecular weight excluding hydrogens is 365 g/mol. The van der Waals surface area contributed by atoms with Crippen molar-refractivity contribution in [1.82, 2.24) is 15.0 Å². The van der Waals surface area contributed by atoms with Crippen LogP contribution in [0.25, 0.3) is 22.5 Å². The topological polar surface area (TPSA) is 41.6 Å². The second-order valence-corrected chi connectivity index (χ2v) is 6.68. The summed E-state index contributed by atoms with van der Waals surface area (Å²) in [5.41, 5.74) is 4.35. The molecule has 2 aromatic carbocycles. The molecule has 3 nitrogen and oxygen atoms in total. The zero-order chi connectivity index (χ0) is 17.9. The Hall–Kier alpha value is -2.62. The summed E-state index contributed by atoms with van der Waals surface area (Å²) in [6.07, 6.45) is 2.38. The molecule has 0 aliphatic carbocycles. The maximum atomic E-state index is 6.44. The third-order valence-corrected chi connectivity index (χ3v) is 4.72. The van der Waals surface area contributed by atoms with E-state index in [9.17, 15) is 0 Å². The van der Waals surface area contributed by atoms with Gasteiger partial charge < -0.3 is 4.98 Å². The van der Waals surface area contributed by atoms with E-state index in [0.29, 0.717) is 16.5 Å². The highest BCUT2D eigenvalue weighted by Gasteiger charge is 2.19. The molecule has 0 spiro atoms. The number of rotatable bonds is 4. The smallest absolute Gasteiger partial charge is 0.113 e. The maximum Gasteiger partial charge on any atom is 0.113 e. The van der Waals surface area contributed by atoms with Crippen molar-refractivity contribution in [2.24, 2.45) is 0 Å². The first kappa shape index (κ1) is 16.8. The molecule has 4 rings (SSSR count). The Kier molecular flexibility index (Phi) is 4.74. The Morgan fingerprint density at radius 2 is 1.54 bits per heavy atom. The van der Waals surface area contributed by atoms with Gasteiger partial charge in [-0.25, -0.2) is 4.98 Å². The van der Waals surface area contributed by atoms with E-state index in [2.05, 4.69) is 9.97 Å². The molecule has 1 N–H and O–H groups in total. The van der Waals surface area contributed by atoms with Gasteiger partial charge in [0.1, 0.15) is 5.82 Å². The summed E-state index contributed by atoms with van der Waals surface area (Å²) in [6, 6.07) is 21.4. The molecule has 2 aromatic heterocycles. The first-order valence-electron chi connectivity index (χ1n) is 8.21. The number of benzene rings is 2. The van der Waals surface area contributed by atoms with Crippen LogP contribution in [0.5, 0.6) is 0 Å². The quantitative estimate of drug-likeness (QED) is 0.469. The fourth-order valence-corrected chi connectivity index (χ4v) is 3.48. The predicted octanol–water partition coefficient (Wildman–Crippen LogP) is 6.04. The van der Waals surface area contributed by atoms with E-state index in [0.717, 1.165) is 34.0 Å². The van der Waals surface area contributed by atoms with E-state index in [1.807, 2.05) is 66.7 Å². The van der Waals surface area contributed by atoms with E-state index in [-0.39, 0.29) is 0 Å². The van der Waals surface area contributed by atoms with Crippen molar-refractivity contribution in [1.29, 1.82) is 0 Å². The summed E-state index contributed by atoms with van der Waals surface area (Å²) < 4.78 is 0. The van der Waals surface area contributed by atoms with Crippen molar-refractivity contribution in [2.45, 2.75) is 6.42 Å². The molecule has 0 saturated heterocycles. The van der Waals surface area contributed by atoms with Crippen LogP contribution in [0.1, 0.15) is 11.5 Å². The SMILES string of the molecule is Clc1cccc(Cl)c1-c1nc(Cc2ccccn2)[nH]c1-c1ccccc1. The van der Waals surface area contributed by atoms with Gasteiger partial charge in [-0.15, -0.1) is 0 Å². The van der Waals surface area contributed by atoms with Crippen LogP contribution in [0.3, 0.4) is 0 Å². The normalized spacial score (nSPS) is 10.8. The number of aromatic nitrogens is 3. The largest absolute Gasteiger partial charge is 0.341 e. The molecule has 5 heteroatoms. The van der Waals surface area contributed by atoms with E-state index >= 15 is 0 Å². The predicted molar refractivity (Wildman–Crippen MR) is 107 cm³/mol. The fraction of sp³-hybridized carbons (Fsp3) is 0.0476. The van der Waals surface area contributed by atoms with Gasteiger partial charge in [-0.2, -0.15) is 0 Å². The molecule has 0 bridgehead atoms. The summed E-state index contributed by atoms with van der Waals surface area (Å²) >= 11 is 12.9. The van der Waals surface area contributed by atoms with Gasteiger partial charge >= 0.3 is 0 Å². The Morgan fingerprint density at radius 1 is 0.808 bits per heavy atom. The summed E-state index contributed by atoms with van der Waals surface area (Å²) in [5.74, 6) is 0.813. The van der Waals surface area contributed by atoms with Gasteiger partial charge in [0.25, 0.3) is 0 Å². The molecule has 4 aromatic rings. The summed E-state index contributed by atoms with van der Waals surface area (Å²) in [7, 11) is 0. The van der Waals surface area contributed by atoms with Crippen LogP contribution in [0, 0.1) is 0 Å². The Bertz CT molecular complexity index is 1010. The minimum atomic E-state index is 0.575. The highest BCUT2D eigenvalue weighted by atomic mass is 35.5.